The number of carbonyl (C=O) groups excluding carboxylic acids is 2. The number of carbonyl (C=O) groups is 3. The van der Waals surface area contributed by atoms with E-state index in [0.29, 0.717) is 29.2 Å². The Morgan fingerprint density at radius 2 is 1.76 bits per heavy atom. The molecule has 2 rings (SSSR count). The predicted molar refractivity (Wildman–Crippen MR) is 110 cm³/mol. The van der Waals surface area contributed by atoms with Gasteiger partial charge in [0.2, 0.25) is 5.91 Å². The molecule has 2 aromatic rings. The van der Waals surface area contributed by atoms with E-state index < -0.39 is 12.0 Å². The Bertz CT molecular complexity index is 862. The van der Waals surface area contributed by atoms with E-state index in [1.54, 1.807) is 48.5 Å². The molecule has 0 heterocycles. The van der Waals surface area contributed by atoms with Crippen LogP contribution in [0.15, 0.2) is 48.5 Å². The summed E-state index contributed by atoms with van der Waals surface area (Å²) in [7, 11) is 0. The number of carboxylic acid groups (broad SMARTS) is 1. The molecule has 2 amide bonds. The minimum Gasteiger partial charge on any atom is -0.494 e. The van der Waals surface area contributed by atoms with Gasteiger partial charge in [0.25, 0.3) is 5.91 Å². The Balaban J connectivity index is 2.07. The molecular weight excluding hydrogens is 372 g/mol. The van der Waals surface area contributed by atoms with Crippen LogP contribution < -0.4 is 15.4 Å². The van der Waals surface area contributed by atoms with E-state index >= 15 is 0 Å². The van der Waals surface area contributed by atoms with Crippen LogP contribution in [0, 0.1) is 5.92 Å². The largest absolute Gasteiger partial charge is 0.494 e. The Morgan fingerprint density at radius 3 is 2.34 bits per heavy atom. The highest BCUT2D eigenvalue weighted by Crippen LogP contribution is 2.15. The summed E-state index contributed by atoms with van der Waals surface area (Å²) in [4.78, 5) is 36.2. The average Bonchev–Trinajstić information content (AvgIpc) is 2.66. The lowest BCUT2D eigenvalue weighted by Crippen LogP contribution is -2.47. The minimum absolute atomic E-state index is 0.133. The maximum atomic E-state index is 12.7. The number of benzene rings is 2. The predicted octanol–water partition coefficient (Wildman–Crippen LogP) is 3.11. The van der Waals surface area contributed by atoms with Crippen LogP contribution in [-0.4, -0.2) is 35.5 Å². The second-order valence-corrected chi connectivity index (χ2v) is 6.91. The second-order valence-electron chi connectivity index (χ2n) is 6.91. The van der Waals surface area contributed by atoms with E-state index in [1.807, 2.05) is 20.8 Å². The van der Waals surface area contributed by atoms with Crippen LogP contribution in [0.3, 0.4) is 0 Å². The molecule has 0 spiro atoms. The van der Waals surface area contributed by atoms with E-state index in [-0.39, 0.29) is 24.2 Å². The number of anilines is 1. The van der Waals surface area contributed by atoms with Gasteiger partial charge in [0, 0.05) is 11.3 Å². The molecule has 0 saturated carbocycles. The van der Waals surface area contributed by atoms with Gasteiger partial charge in [-0.15, -0.1) is 0 Å². The second kappa shape index (κ2) is 10.3. The molecule has 1 unspecified atom stereocenters. The quantitative estimate of drug-likeness (QED) is 0.602. The van der Waals surface area contributed by atoms with E-state index in [4.69, 9.17) is 9.84 Å². The van der Waals surface area contributed by atoms with Gasteiger partial charge in [0.1, 0.15) is 11.8 Å². The molecule has 0 radical (unpaired) electrons. The Kier molecular flexibility index (Phi) is 7.77. The fourth-order valence-corrected chi connectivity index (χ4v) is 2.78. The molecule has 7 heteroatoms. The summed E-state index contributed by atoms with van der Waals surface area (Å²) in [6, 6.07) is 12.6. The number of ether oxygens (including phenoxy) is 1. The lowest BCUT2D eigenvalue weighted by atomic mass is 10.0. The van der Waals surface area contributed by atoms with Gasteiger partial charge < -0.3 is 20.5 Å². The Labute approximate surface area is 170 Å². The van der Waals surface area contributed by atoms with Gasteiger partial charge in [-0.2, -0.15) is 0 Å². The van der Waals surface area contributed by atoms with E-state index in [1.165, 1.54) is 0 Å². The summed E-state index contributed by atoms with van der Waals surface area (Å²) >= 11 is 0. The number of rotatable bonds is 9. The van der Waals surface area contributed by atoms with Gasteiger partial charge in [0.15, 0.2) is 0 Å². The molecule has 29 heavy (non-hydrogen) atoms. The maximum absolute atomic E-state index is 12.7. The molecule has 7 nitrogen and oxygen atoms in total. The van der Waals surface area contributed by atoms with Gasteiger partial charge in [-0.3, -0.25) is 14.4 Å². The van der Waals surface area contributed by atoms with Crippen LogP contribution in [0.25, 0.3) is 0 Å². The number of amides is 2. The van der Waals surface area contributed by atoms with Crippen molar-refractivity contribution in [1.82, 2.24) is 5.32 Å². The van der Waals surface area contributed by atoms with Crippen molar-refractivity contribution < 1.29 is 24.2 Å². The fourth-order valence-electron chi connectivity index (χ4n) is 2.78. The average molecular weight is 398 g/mol. The van der Waals surface area contributed by atoms with Crippen LogP contribution in [0.2, 0.25) is 0 Å². The first-order chi connectivity index (χ1) is 13.8. The van der Waals surface area contributed by atoms with Crippen molar-refractivity contribution in [3.8, 4) is 5.75 Å². The molecule has 0 aromatic heterocycles. The van der Waals surface area contributed by atoms with Gasteiger partial charge in [-0.05, 0) is 54.8 Å². The lowest BCUT2D eigenvalue weighted by Gasteiger charge is -2.22. The monoisotopic (exact) mass is 398 g/mol. The van der Waals surface area contributed by atoms with Crippen LogP contribution in [0.4, 0.5) is 5.69 Å². The number of hydrogen-bond acceptors (Lipinski definition) is 4. The molecule has 154 valence electrons. The third-order valence-electron chi connectivity index (χ3n) is 4.21. The fraction of sp³-hybridized carbons (Fsp3) is 0.318. The van der Waals surface area contributed by atoms with Crippen molar-refractivity contribution >= 4 is 23.5 Å². The highest BCUT2D eigenvalue weighted by molar-refractivity contribution is 6.01. The van der Waals surface area contributed by atoms with Crippen molar-refractivity contribution in [3.63, 3.8) is 0 Å². The first kappa shape index (κ1) is 21.9. The first-order valence-corrected chi connectivity index (χ1v) is 9.45. The molecule has 0 bridgehead atoms. The summed E-state index contributed by atoms with van der Waals surface area (Å²) in [5, 5.41) is 14.4. The van der Waals surface area contributed by atoms with Crippen LogP contribution in [0.1, 0.15) is 36.7 Å². The van der Waals surface area contributed by atoms with Crippen molar-refractivity contribution in [2.24, 2.45) is 5.92 Å². The third kappa shape index (κ3) is 6.64. The zero-order chi connectivity index (χ0) is 21.4. The first-order valence-electron chi connectivity index (χ1n) is 9.45. The Morgan fingerprint density at radius 1 is 1.07 bits per heavy atom. The van der Waals surface area contributed by atoms with Gasteiger partial charge in [-0.25, -0.2) is 0 Å². The summed E-state index contributed by atoms with van der Waals surface area (Å²) in [5.74, 6) is -1.16. The van der Waals surface area contributed by atoms with Crippen molar-refractivity contribution in [1.29, 1.82) is 0 Å². The third-order valence-corrected chi connectivity index (χ3v) is 4.21. The van der Waals surface area contributed by atoms with Gasteiger partial charge in [-0.1, -0.05) is 26.0 Å². The number of nitrogens with one attached hydrogen (secondary N) is 2. The van der Waals surface area contributed by atoms with Crippen molar-refractivity contribution in [2.75, 3.05) is 11.9 Å². The Hall–Kier alpha value is -3.35. The molecule has 2 aromatic carbocycles. The molecule has 0 saturated heterocycles. The maximum Gasteiger partial charge on any atom is 0.307 e. The zero-order valence-corrected chi connectivity index (χ0v) is 16.8. The summed E-state index contributed by atoms with van der Waals surface area (Å²) in [6.45, 7) is 6.09. The summed E-state index contributed by atoms with van der Waals surface area (Å²) in [6.07, 6.45) is -0.133. The van der Waals surface area contributed by atoms with E-state index in [0.717, 1.165) is 0 Å². The topological polar surface area (TPSA) is 105 Å². The molecule has 0 aliphatic carbocycles. The smallest absolute Gasteiger partial charge is 0.307 e. The summed E-state index contributed by atoms with van der Waals surface area (Å²) < 4.78 is 5.37. The molecule has 0 aliphatic heterocycles. The minimum atomic E-state index is -0.948. The van der Waals surface area contributed by atoms with Crippen LogP contribution >= 0.6 is 0 Å². The highest BCUT2D eigenvalue weighted by atomic mass is 16.5. The number of hydrogen-bond donors (Lipinski definition) is 3. The van der Waals surface area contributed by atoms with E-state index in [9.17, 15) is 14.4 Å². The summed E-state index contributed by atoms with van der Waals surface area (Å²) in [5.41, 5.74) is 1.49. The molecule has 1 atom stereocenters. The molecular formula is C22H26N2O5. The van der Waals surface area contributed by atoms with Gasteiger partial charge in [0.05, 0.1) is 13.0 Å². The van der Waals surface area contributed by atoms with E-state index in [2.05, 4.69) is 10.6 Å². The van der Waals surface area contributed by atoms with Crippen molar-refractivity contribution in [3.05, 3.63) is 59.7 Å². The highest BCUT2D eigenvalue weighted by Gasteiger charge is 2.25. The zero-order valence-electron chi connectivity index (χ0n) is 16.8. The number of carboxylic acids is 1. The van der Waals surface area contributed by atoms with Crippen LogP contribution in [0.5, 0.6) is 5.75 Å². The molecule has 3 N–H and O–H groups in total. The van der Waals surface area contributed by atoms with Crippen molar-refractivity contribution in [2.45, 2.75) is 33.2 Å². The number of aliphatic carboxylic acids is 1. The lowest BCUT2D eigenvalue weighted by molar-refractivity contribution is -0.136. The molecule has 0 aliphatic rings. The van der Waals surface area contributed by atoms with Gasteiger partial charge >= 0.3 is 5.97 Å². The molecule has 0 fully saturated rings. The normalized spacial score (nSPS) is 11.6. The standard InChI is InChI=1S/C22H26N2O5/c1-4-29-18-10-8-16(9-11-18)21(27)24-20(14(2)3)22(28)23-17-7-5-6-15(12-17)13-19(25)26/h5-12,14,20H,4,13H2,1-3H3,(H,23,28)(H,24,27)(H,25,26). The van der Waals surface area contributed by atoms with Crippen LogP contribution in [-0.2, 0) is 16.0 Å². The SMILES string of the molecule is CCOc1ccc(C(=O)NC(C(=O)Nc2cccc(CC(=O)O)c2)C(C)C)cc1.